The molecule has 2 heteroatoms. The number of likely N-dealkylation sites (tertiary alicyclic amines) is 1. The van der Waals surface area contributed by atoms with Crippen LogP contribution in [0.4, 0.5) is 0 Å². The van der Waals surface area contributed by atoms with Gasteiger partial charge in [-0.2, -0.15) is 0 Å². The standard InChI is InChI=1S/C13H28N2/c1-4-8-14-9-5-10-15-11-12(2)6-7-13(15)3/h12-14H,4-11H2,1-3H3. The first kappa shape index (κ1) is 13.0. The van der Waals surface area contributed by atoms with Crippen LogP contribution in [0.2, 0.25) is 0 Å². The first-order chi connectivity index (χ1) is 7.24. The van der Waals surface area contributed by atoms with Crippen molar-refractivity contribution in [2.45, 2.75) is 52.5 Å². The third kappa shape index (κ3) is 4.98. The van der Waals surface area contributed by atoms with Crippen molar-refractivity contribution >= 4 is 0 Å². The largest absolute Gasteiger partial charge is 0.317 e. The van der Waals surface area contributed by atoms with Crippen LogP contribution in [-0.4, -0.2) is 37.1 Å². The van der Waals surface area contributed by atoms with Gasteiger partial charge in [0.2, 0.25) is 0 Å². The highest BCUT2D eigenvalue weighted by atomic mass is 15.2. The minimum atomic E-state index is 0.812. The summed E-state index contributed by atoms with van der Waals surface area (Å²) in [7, 11) is 0. The van der Waals surface area contributed by atoms with Gasteiger partial charge >= 0.3 is 0 Å². The van der Waals surface area contributed by atoms with Gasteiger partial charge in [0.05, 0.1) is 0 Å². The van der Waals surface area contributed by atoms with Crippen LogP contribution in [0, 0.1) is 5.92 Å². The average molecular weight is 212 g/mol. The van der Waals surface area contributed by atoms with E-state index in [0.717, 1.165) is 12.0 Å². The van der Waals surface area contributed by atoms with Crippen LogP contribution < -0.4 is 5.32 Å². The summed E-state index contributed by atoms with van der Waals surface area (Å²) in [6, 6.07) is 0.812. The summed E-state index contributed by atoms with van der Waals surface area (Å²) in [6.45, 7) is 11.9. The van der Waals surface area contributed by atoms with Crippen LogP contribution in [0.15, 0.2) is 0 Å². The molecule has 0 saturated carbocycles. The lowest BCUT2D eigenvalue weighted by Crippen LogP contribution is -2.42. The summed E-state index contributed by atoms with van der Waals surface area (Å²) in [5, 5.41) is 3.47. The van der Waals surface area contributed by atoms with Gasteiger partial charge in [0.15, 0.2) is 0 Å². The highest BCUT2D eigenvalue weighted by Crippen LogP contribution is 2.20. The summed E-state index contributed by atoms with van der Waals surface area (Å²) in [4.78, 5) is 2.67. The first-order valence-corrected chi connectivity index (χ1v) is 6.68. The van der Waals surface area contributed by atoms with E-state index in [0.29, 0.717) is 0 Å². The molecule has 1 rings (SSSR count). The molecule has 0 amide bonds. The van der Waals surface area contributed by atoms with Gasteiger partial charge in [0.1, 0.15) is 0 Å². The normalized spacial score (nSPS) is 28.2. The van der Waals surface area contributed by atoms with E-state index in [9.17, 15) is 0 Å². The predicted octanol–water partition coefficient (Wildman–Crippen LogP) is 2.50. The third-order valence-corrected chi connectivity index (χ3v) is 3.47. The van der Waals surface area contributed by atoms with Gasteiger partial charge in [0, 0.05) is 12.6 Å². The van der Waals surface area contributed by atoms with Crippen molar-refractivity contribution in [3.8, 4) is 0 Å². The zero-order chi connectivity index (χ0) is 11.1. The van der Waals surface area contributed by atoms with Crippen LogP contribution in [-0.2, 0) is 0 Å². The summed E-state index contributed by atoms with van der Waals surface area (Å²) in [5.74, 6) is 0.907. The van der Waals surface area contributed by atoms with E-state index in [2.05, 4.69) is 31.0 Å². The number of nitrogens with one attached hydrogen (secondary N) is 1. The number of nitrogens with zero attached hydrogens (tertiary/aromatic N) is 1. The molecular weight excluding hydrogens is 184 g/mol. The maximum absolute atomic E-state index is 3.47. The fourth-order valence-electron chi connectivity index (χ4n) is 2.40. The molecule has 2 unspecified atom stereocenters. The van der Waals surface area contributed by atoms with Gasteiger partial charge in [-0.3, -0.25) is 0 Å². The minimum Gasteiger partial charge on any atom is -0.317 e. The molecule has 0 spiro atoms. The fraction of sp³-hybridized carbons (Fsp3) is 1.00. The van der Waals surface area contributed by atoms with Gasteiger partial charge in [0.25, 0.3) is 0 Å². The van der Waals surface area contributed by atoms with Crippen LogP contribution in [0.5, 0.6) is 0 Å². The lowest BCUT2D eigenvalue weighted by molar-refractivity contribution is 0.123. The second-order valence-corrected chi connectivity index (χ2v) is 5.13. The SMILES string of the molecule is CCCNCCCN1CC(C)CCC1C. The van der Waals surface area contributed by atoms with E-state index < -0.39 is 0 Å². The minimum absolute atomic E-state index is 0.812. The second-order valence-electron chi connectivity index (χ2n) is 5.13. The summed E-state index contributed by atoms with van der Waals surface area (Å²) in [6.07, 6.45) is 5.36. The molecule has 1 saturated heterocycles. The lowest BCUT2D eigenvalue weighted by atomic mass is 9.95. The zero-order valence-electron chi connectivity index (χ0n) is 10.8. The van der Waals surface area contributed by atoms with Crippen LogP contribution in [0.25, 0.3) is 0 Å². The van der Waals surface area contributed by atoms with E-state index in [1.54, 1.807) is 0 Å². The van der Waals surface area contributed by atoms with E-state index in [1.807, 2.05) is 0 Å². The average Bonchev–Trinajstić information content (AvgIpc) is 2.23. The molecule has 2 nitrogen and oxygen atoms in total. The molecule has 2 atom stereocenters. The highest BCUT2D eigenvalue weighted by Gasteiger charge is 2.21. The fourth-order valence-corrected chi connectivity index (χ4v) is 2.40. The second kappa shape index (κ2) is 7.24. The summed E-state index contributed by atoms with van der Waals surface area (Å²) < 4.78 is 0. The summed E-state index contributed by atoms with van der Waals surface area (Å²) in [5.41, 5.74) is 0. The molecule has 0 radical (unpaired) electrons. The van der Waals surface area contributed by atoms with Crippen molar-refractivity contribution in [3.63, 3.8) is 0 Å². The Morgan fingerprint density at radius 2 is 2.00 bits per heavy atom. The summed E-state index contributed by atoms with van der Waals surface area (Å²) >= 11 is 0. The molecule has 0 aromatic heterocycles. The maximum atomic E-state index is 3.47. The quantitative estimate of drug-likeness (QED) is 0.681. The third-order valence-electron chi connectivity index (χ3n) is 3.47. The molecule has 0 bridgehead atoms. The highest BCUT2D eigenvalue weighted by molar-refractivity contribution is 4.76. The van der Waals surface area contributed by atoms with Gasteiger partial charge in [-0.25, -0.2) is 0 Å². The number of hydrogen-bond donors (Lipinski definition) is 1. The van der Waals surface area contributed by atoms with E-state index >= 15 is 0 Å². The smallest absolute Gasteiger partial charge is 0.00671 e. The van der Waals surface area contributed by atoms with Crippen LogP contribution in [0.3, 0.4) is 0 Å². The molecule has 1 fully saturated rings. The Morgan fingerprint density at radius 3 is 2.73 bits per heavy atom. The molecule has 1 heterocycles. The van der Waals surface area contributed by atoms with Crippen LogP contribution in [0.1, 0.15) is 46.5 Å². The first-order valence-electron chi connectivity index (χ1n) is 6.68. The van der Waals surface area contributed by atoms with Crippen molar-refractivity contribution in [1.29, 1.82) is 0 Å². The monoisotopic (exact) mass is 212 g/mol. The molecule has 0 aliphatic carbocycles. The van der Waals surface area contributed by atoms with E-state index in [1.165, 1.54) is 51.9 Å². The van der Waals surface area contributed by atoms with Gasteiger partial charge in [-0.05, 0) is 58.2 Å². The van der Waals surface area contributed by atoms with Crippen LogP contribution >= 0.6 is 0 Å². The Kier molecular flexibility index (Phi) is 6.26. The molecule has 1 aliphatic rings. The molecular formula is C13H28N2. The molecule has 15 heavy (non-hydrogen) atoms. The molecule has 0 aromatic rings. The number of rotatable bonds is 6. The maximum Gasteiger partial charge on any atom is 0.00671 e. The topological polar surface area (TPSA) is 15.3 Å². The van der Waals surface area contributed by atoms with Gasteiger partial charge < -0.3 is 10.2 Å². The van der Waals surface area contributed by atoms with Gasteiger partial charge in [-0.1, -0.05) is 13.8 Å². The van der Waals surface area contributed by atoms with Gasteiger partial charge in [-0.15, -0.1) is 0 Å². The Labute approximate surface area is 95.4 Å². The van der Waals surface area contributed by atoms with Crippen molar-refractivity contribution in [2.75, 3.05) is 26.2 Å². The molecule has 90 valence electrons. The Morgan fingerprint density at radius 1 is 1.20 bits per heavy atom. The van der Waals surface area contributed by atoms with E-state index in [4.69, 9.17) is 0 Å². The predicted molar refractivity (Wildman–Crippen MR) is 67.2 cm³/mol. The number of piperidine rings is 1. The van der Waals surface area contributed by atoms with Crippen molar-refractivity contribution in [1.82, 2.24) is 10.2 Å². The molecule has 0 aromatic carbocycles. The van der Waals surface area contributed by atoms with Crippen molar-refractivity contribution < 1.29 is 0 Å². The Bertz CT molecular complexity index is 159. The Balaban J connectivity index is 2.08. The molecule has 1 aliphatic heterocycles. The lowest BCUT2D eigenvalue weighted by Gasteiger charge is -2.36. The van der Waals surface area contributed by atoms with Crippen molar-refractivity contribution in [3.05, 3.63) is 0 Å². The zero-order valence-corrected chi connectivity index (χ0v) is 10.8. The van der Waals surface area contributed by atoms with Crippen molar-refractivity contribution in [2.24, 2.45) is 5.92 Å². The molecule has 1 N–H and O–H groups in total. The Hall–Kier alpha value is -0.0800. The number of hydrogen-bond acceptors (Lipinski definition) is 2. The van der Waals surface area contributed by atoms with E-state index in [-0.39, 0.29) is 0 Å².